The van der Waals surface area contributed by atoms with Crippen molar-refractivity contribution < 1.29 is 14.3 Å². The molecule has 1 atom stereocenters. The number of urea groups is 1. The Morgan fingerprint density at radius 3 is 2.42 bits per heavy atom. The van der Waals surface area contributed by atoms with E-state index in [1.807, 2.05) is 6.92 Å². The number of piperazine rings is 1. The van der Waals surface area contributed by atoms with Gasteiger partial charge in [0, 0.05) is 37.7 Å². The van der Waals surface area contributed by atoms with Crippen LogP contribution in [0.5, 0.6) is 5.75 Å². The van der Waals surface area contributed by atoms with Crippen molar-refractivity contribution in [3.8, 4) is 5.75 Å². The Kier molecular flexibility index (Phi) is 6.57. The number of carbonyl (C=O) groups is 2. The molecule has 0 radical (unpaired) electrons. The summed E-state index contributed by atoms with van der Waals surface area (Å²) < 4.78 is 5.65. The number of benzene rings is 1. The first-order chi connectivity index (χ1) is 11.4. The van der Waals surface area contributed by atoms with Gasteiger partial charge in [0.15, 0.2) is 6.10 Å². The zero-order valence-electron chi connectivity index (χ0n) is 13.7. The number of nitrogens with zero attached hydrogens (tertiary/aromatic N) is 2. The van der Waals surface area contributed by atoms with Crippen molar-refractivity contribution in [3.63, 3.8) is 0 Å². The second-order valence-electron chi connectivity index (χ2n) is 5.48. The lowest BCUT2D eigenvalue weighted by atomic mass is 10.2. The summed E-state index contributed by atoms with van der Waals surface area (Å²) in [6.07, 6.45) is -0.667. The molecule has 1 aromatic carbocycles. The molecule has 8 heteroatoms. The zero-order valence-corrected chi connectivity index (χ0v) is 15.2. The van der Waals surface area contributed by atoms with E-state index in [0.29, 0.717) is 48.5 Å². The normalized spacial score (nSPS) is 15.8. The highest BCUT2D eigenvalue weighted by Gasteiger charge is 2.28. The van der Waals surface area contributed by atoms with Gasteiger partial charge in [0.25, 0.3) is 5.91 Å². The van der Waals surface area contributed by atoms with Crippen LogP contribution in [0.3, 0.4) is 0 Å². The van der Waals surface area contributed by atoms with Crippen LogP contribution in [0.15, 0.2) is 18.2 Å². The number of rotatable bonds is 4. The predicted molar refractivity (Wildman–Crippen MR) is 93.8 cm³/mol. The van der Waals surface area contributed by atoms with Crippen molar-refractivity contribution in [1.82, 2.24) is 15.1 Å². The molecule has 2 rings (SSSR count). The summed E-state index contributed by atoms with van der Waals surface area (Å²) in [5.74, 6) is 0.291. The van der Waals surface area contributed by atoms with Crippen LogP contribution in [0.1, 0.15) is 13.8 Å². The van der Waals surface area contributed by atoms with E-state index >= 15 is 0 Å². The molecule has 24 heavy (non-hydrogen) atoms. The van der Waals surface area contributed by atoms with Gasteiger partial charge in [0.1, 0.15) is 5.75 Å². The molecular formula is C16H21Cl2N3O3. The van der Waals surface area contributed by atoms with E-state index in [2.05, 4.69) is 5.32 Å². The summed E-state index contributed by atoms with van der Waals surface area (Å²) in [4.78, 5) is 27.7. The molecule has 0 saturated carbocycles. The minimum atomic E-state index is -0.667. The molecule has 3 amide bonds. The van der Waals surface area contributed by atoms with E-state index in [0.717, 1.165) is 0 Å². The molecule has 1 aliphatic heterocycles. The second-order valence-corrected chi connectivity index (χ2v) is 6.33. The fourth-order valence-electron chi connectivity index (χ4n) is 2.46. The van der Waals surface area contributed by atoms with Crippen molar-refractivity contribution in [2.45, 2.75) is 20.0 Å². The van der Waals surface area contributed by atoms with E-state index in [-0.39, 0.29) is 11.9 Å². The smallest absolute Gasteiger partial charge is 0.317 e. The standard InChI is InChI=1S/C16H21Cl2N3O3/c1-3-19-16(23)21-8-6-20(7-9-21)15(22)11(2)24-14-5-4-12(17)10-13(14)18/h4-5,10-11H,3,6-9H2,1-2H3,(H,19,23). The van der Waals surface area contributed by atoms with Crippen LogP contribution in [0, 0.1) is 0 Å². The molecule has 1 fully saturated rings. The molecule has 0 aromatic heterocycles. The molecular weight excluding hydrogens is 353 g/mol. The molecule has 0 bridgehead atoms. The molecule has 6 nitrogen and oxygen atoms in total. The number of carbonyl (C=O) groups excluding carboxylic acids is 2. The number of ether oxygens (including phenoxy) is 1. The van der Waals surface area contributed by atoms with Gasteiger partial charge in [-0.3, -0.25) is 4.79 Å². The molecule has 1 unspecified atom stereocenters. The van der Waals surface area contributed by atoms with Crippen LogP contribution in [-0.4, -0.2) is 60.6 Å². The first kappa shape index (κ1) is 18.7. The van der Waals surface area contributed by atoms with E-state index < -0.39 is 6.10 Å². The van der Waals surface area contributed by atoms with Crippen molar-refractivity contribution in [2.75, 3.05) is 32.7 Å². The van der Waals surface area contributed by atoms with E-state index in [4.69, 9.17) is 27.9 Å². The van der Waals surface area contributed by atoms with Crippen LogP contribution in [-0.2, 0) is 4.79 Å². The minimum absolute atomic E-state index is 0.0955. The molecule has 1 saturated heterocycles. The highest BCUT2D eigenvalue weighted by molar-refractivity contribution is 6.35. The third-order valence-corrected chi connectivity index (χ3v) is 4.28. The van der Waals surface area contributed by atoms with Crippen molar-refractivity contribution >= 4 is 35.1 Å². The van der Waals surface area contributed by atoms with Gasteiger partial charge >= 0.3 is 6.03 Å². The first-order valence-electron chi connectivity index (χ1n) is 7.85. The average Bonchev–Trinajstić information content (AvgIpc) is 2.57. The van der Waals surface area contributed by atoms with E-state index in [1.54, 1.807) is 34.9 Å². The molecule has 132 valence electrons. The van der Waals surface area contributed by atoms with Crippen LogP contribution in [0.2, 0.25) is 10.0 Å². The number of amides is 3. The monoisotopic (exact) mass is 373 g/mol. The largest absolute Gasteiger partial charge is 0.479 e. The molecule has 1 heterocycles. The highest BCUT2D eigenvalue weighted by atomic mass is 35.5. The molecule has 1 aliphatic rings. The van der Waals surface area contributed by atoms with Gasteiger partial charge in [-0.15, -0.1) is 0 Å². The Bertz CT molecular complexity index is 604. The van der Waals surface area contributed by atoms with Gasteiger partial charge in [-0.2, -0.15) is 0 Å². The van der Waals surface area contributed by atoms with Gasteiger partial charge < -0.3 is 19.9 Å². The maximum atomic E-state index is 12.5. The van der Waals surface area contributed by atoms with Gasteiger partial charge in [-0.1, -0.05) is 23.2 Å². The number of hydrogen-bond acceptors (Lipinski definition) is 3. The number of nitrogens with one attached hydrogen (secondary N) is 1. The molecule has 1 N–H and O–H groups in total. The zero-order chi connectivity index (χ0) is 17.7. The second kappa shape index (κ2) is 8.44. The van der Waals surface area contributed by atoms with Crippen molar-refractivity contribution in [2.24, 2.45) is 0 Å². The molecule has 1 aromatic rings. The predicted octanol–water partition coefficient (Wildman–Crippen LogP) is 2.63. The van der Waals surface area contributed by atoms with Crippen molar-refractivity contribution in [3.05, 3.63) is 28.2 Å². The van der Waals surface area contributed by atoms with Crippen LogP contribution in [0.4, 0.5) is 4.79 Å². The van der Waals surface area contributed by atoms with Gasteiger partial charge in [-0.25, -0.2) is 4.79 Å². The van der Waals surface area contributed by atoms with Crippen molar-refractivity contribution in [1.29, 1.82) is 0 Å². The lowest BCUT2D eigenvalue weighted by Gasteiger charge is -2.35. The fraction of sp³-hybridized carbons (Fsp3) is 0.500. The highest BCUT2D eigenvalue weighted by Crippen LogP contribution is 2.28. The third-order valence-electron chi connectivity index (χ3n) is 3.75. The lowest BCUT2D eigenvalue weighted by Crippen LogP contribution is -2.55. The Morgan fingerprint density at radius 2 is 1.83 bits per heavy atom. The number of halogens is 2. The minimum Gasteiger partial charge on any atom is -0.479 e. The Balaban J connectivity index is 1.89. The average molecular weight is 374 g/mol. The van der Waals surface area contributed by atoms with Crippen LogP contribution in [0.25, 0.3) is 0 Å². The summed E-state index contributed by atoms with van der Waals surface area (Å²) in [5.41, 5.74) is 0. The van der Waals surface area contributed by atoms with E-state index in [9.17, 15) is 9.59 Å². The maximum absolute atomic E-state index is 12.5. The molecule has 0 spiro atoms. The SMILES string of the molecule is CCNC(=O)N1CCN(C(=O)C(C)Oc2ccc(Cl)cc2Cl)CC1. The maximum Gasteiger partial charge on any atom is 0.317 e. The third kappa shape index (κ3) is 4.68. The number of hydrogen-bond donors (Lipinski definition) is 1. The Morgan fingerprint density at radius 1 is 1.21 bits per heavy atom. The molecule has 0 aliphatic carbocycles. The summed E-state index contributed by atoms with van der Waals surface area (Å²) in [5, 5.41) is 3.63. The Hall–Kier alpha value is -1.66. The topological polar surface area (TPSA) is 61.9 Å². The van der Waals surface area contributed by atoms with Gasteiger partial charge in [-0.05, 0) is 32.0 Å². The Labute approximate surface area is 151 Å². The lowest BCUT2D eigenvalue weighted by molar-refractivity contribution is -0.139. The summed E-state index contributed by atoms with van der Waals surface area (Å²) in [6.45, 7) is 6.13. The quantitative estimate of drug-likeness (QED) is 0.882. The van der Waals surface area contributed by atoms with E-state index in [1.165, 1.54) is 0 Å². The fourth-order valence-corrected chi connectivity index (χ4v) is 2.91. The summed E-state index contributed by atoms with van der Waals surface area (Å²) in [7, 11) is 0. The first-order valence-corrected chi connectivity index (χ1v) is 8.61. The van der Waals surface area contributed by atoms with Gasteiger partial charge in [0.05, 0.1) is 5.02 Å². The summed E-state index contributed by atoms with van der Waals surface area (Å²) in [6, 6.07) is 4.77. The van der Waals surface area contributed by atoms with Crippen LogP contribution >= 0.6 is 23.2 Å². The summed E-state index contributed by atoms with van der Waals surface area (Å²) >= 11 is 11.9. The van der Waals surface area contributed by atoms with Gasteiger partial charge in [0.2, 0.25) is 0 Å². The van der Waals surface area contributed by atoms with Crippen LogP contribution < -0.4 is 10.1 Å².